The summed E-state index contributed by atoms with van der Waals surface area (Å²) in [5.41, 5.74) is 5.60. The highest BCUT2D eigenvalue weighted by Gasteiger charge is 2.53. The van der Waals surface area contributed by atoms with Gasteiger partial charge in [0.2, 0.25) is 5.91 Å². The van der Waals surface area contributed by atoms with Crippen LogP contribution in [0.3, 0.4) is 0 Å². The molecule has 1 amide bonds. The first-order valence-electron chi connectivity index (χ1n) is 18.8. The molecule has 4 saturated heterocycles. The second-order valence-electron chi connectivity index (χ2n) is 15.6. The summed E-state index contributed by atoms with van der Waals surface area (Å²) in [4.78, 5) is 29.4. The summed E-state index contributed by atoms with van der Waals surface area (Å²) in [6.45, 7) is 2.96. The smallest absolute Gasteiger partial charge is 0.319 e. The predicted molar refractivity (Wildman–Crippen MR) is 199 cm³/mol. The molecule has 1 aliphatic carbocycles. The maximum absolute atomic E-state index is 17.5. The number of hydrogen-bond acceptors (Lipinski definition) is 11. The number of carbonyl (C=O) groups is 1. The van der Waals surface area contributed by atoms with Gasteiger partial charge in [0.05, 0.1) is 38.9 Å². The Balaban J connectivity index is 1.11. The highest BCUT2D eigenvalue weighted by Crippen LogP contribution is 2.51. The number of nitrogen functional groups attached to an aromatic ring is 1. The first-order valence-corrected chi connectivity index (χ1v) is 19.9. The quantitative estimate of drug-likeness (QED) is 0.231. The van der Waals surface area contributed by atoms with Gasteiger partial charge < -0.3 is 25.0 Å². The Morgan fingerprint density at radius 3 is 2.83 bits per heavy atom. The molecule has 11 nitrogen and oxygen atoms in total. The van der Waals surface area contributed by atoms with Crippen molar-refractivity contribution in [1.29, 1.82) is 5.26 Å². The van der Waals surface area contributed by atoms with Gasteiger partial charge in [-0.1, -0.05) is 17.7 Å². The third-order valence-corrected chi connectivity index (χ3v) is 13.8. The van der Waals surface area contributed by atoms with Gasteiger partial charge in [0.1, 0.15) is 47.0 Å². The molecule has 5 atom stereocenters. The number of thiophene rings is 1. The lowest BCUT2D eigenvalue weighted by atomic mass is 9.95. The largest absolute Gasteiger partial charge is 0.491 e. The number of nitrogens with zero attached hydrogens (tertiary/aromatic N) is 6. The van der Waals surface area contributed by atoms with Crippen LogP contribution >= 0.6 is 22.9 Å². The Bertz CT molecular complexity index is 2280. The molecule has 5 aliphatic heterocycles. The molecule has 1 unspecified atom stereocenters. The number of benzene rings is 2. The Hall–Kier alpha value is -4.10. The van der Waals surface area contributed by atoms with Gasteiger partial charge in [-0.3, -0.25) is 15.0 Å². The molecule has 7 heterocycles. The summed E-state index contributed by atoms with van der Waals surface area (Å²) in [6, 6.07) is 4.44. The predicted octanol–water partition coefficient (Wildman–Crippen LogP) is 5.79. The van der Waals surface area contributed by atoms with Crippen molar-refractivity contribution in [1.82, 2.24) is 25.1 Å². The first-order chi connectivity index (χ1) is 26.2. The van der Waals surface area contributed by atoms with Crippen LogP contribution in [0.15, 0.2) is 12.1 Å². The molecule has 10 rings (SSSR count). The average Bonchev–Trinajstić information content (AvgIpc) is 4.05. The van der Waals surface area contributed by atoms with Crippen LogP contribution in [0.1, 0.15) is 50.5 Å². The average molecular weight is 779 g/mol. The van der Waals surface area contributed by atoms with Gasteiger partial charge in [0.25, 0.3) is 0 Å². The van der Waals surface area contributed by atoms with E-state index < -0.39 is 23.3 Å². The van der Waals surface area contributed by atoms with E-state index in [0.29, 0.717) is 57.2 Å². The molecule has 3 N–H and O–H groups in total. The second kappa shape index (κ2) is 12.7. The van der Waals surface area contributed by atoms with Crippen molar-refractivity contribution in [3.8, 4) is 29.0 Å². The Morgan fingerprint density at radius 2 is 2.02 bits per heavy atom. The van der Waals surface area contributed by atoms with Crippen molar-refractivity contribution in [2.75, 3.05) is 56.6 Å². The molecule has 2 aromatic carbocycles. The van der Waals surface area contributed by atoms with Crippen LogP contribution in [-0.2, 0) is 4.79 Å². The summed E-state index contributed by atoms with van der Waals surface area (Å²) in [7, 11) is 0. The van der Waals surface area contributed by atoms with Gasteiger partial charge in [0.15, 0.2) is 11.6 Å². The van der Waals surface area contributed by atoms with Crippen molar-refractivity contribution >= 4 is 60.7 Å². The number of hydrogen-bond donors (Lipinski definition) is 2. The molecule has 4 aromatic rings. The van der Waals surface area contributed by atoms with Crippen molar-refractivity contribution in [2.24, 2.45) is 5.92 Å². The van der Waals surface area contributed by atoms with E-state index >= 15 is 8.78 Å². The number of rotatable bonds is 6. The van der Waals surface area contributed by atoms with Gasteiger partial charge in [-0.05, 0) is 56.2 Å². The SMILES string of the molecule is N#Cc1c(N)sc2c(F)ccc(-c3c(Cl)c4c5c(nc(OC[C@@]67CCCN6C[C@H](F)C7)nc5c3F)N3CCCN(C(=O)[C@@H]5N[C@H]5C5CC5)CC3CCO4)c12. The van der Waals surface area contributed by atoms with Gasteiger partial charge in [-0.2, -0.15) is 15.2 Å². The zero-order valence-corrected chi connectivity index (χ0v) is 30.9. The summed E-state index contributed by atoms with van der Waals surface area (Å²) in [5.74, 6) is -0.209. The van der Waals surface area contributed by atoms with Gasteiger partial charge in [0, 0.05) is 56.0 Å². The lowest BCUT2D eigenvalue weighted by molar-refractivity contribution is -0.130. The van der Waals surface area contributed by atoms with Gasteiger partial charge >= 0.3 is 6.01 Å². The number of amides is 1. The summed E-state index contributed by atoms with van der Waals surface area (Å²) >= 11 is 8.05. The van der Waals surface area contributed by atoms with Crippen LogP contribution in [0.4, 0.5) is 24.0 Å². The highest BCUT2D eigenvalue weighted by molar-refractivity contribution is 7.23. The van der Waals surface area contributed by atoms with Crippen molar-refractivity contribution in [2.45, 2.75) is 74.8 Å². The van der Waals surface area contributed by atoms with E-state index in [2.05, 4.69) is 20.1 Å². The molecular weight excluding hydrogens is 741 g/mol. The topological polar surface area (TPSA) is 143 Å². The molecule has 1 saturated carbocycles. The van der Waals surface area contributed by atoms with E-state index in [9.17, 15) is 14.4 Å². The third-order valence-electron chi connectivity index (χ3n) is 12.4. The van der Waals surface area contributed by atoms with E-state index in [0.717, 1.165) is 43.6 Å². The lowest BCUT2D eigenvalue weighted by Crippen LogP contribution is -2.46. The van der Waals surface area contributed by atoms with E-state index in [4.69, 9.17) is 31.8 Å². The Kier molecular flexibility index (Phi) is 8.10. The highest BCUT2D eigenvalue weighted by atomic mass is 35.5. The van der Waals surface area contributed by atoms with Crippen molar-refractivity contribution in [3.63, 3.8) is 0 Å². The van der Waals surface area contributed by atoms with Crippen LogP contribution in [0.5, 0.6) is 11.8 Å². The van der Waals surface area contributed by atoms with E-state index in [1.54, 1.807) is 0 Å². The number of carbonyl (C=O) groups excluding carboxylic acids is 1. The minimum atomic E-state index is -0.965. The van der Waals surface area contributed by atoms with Crippen LogP contribution in [-0.4, -0.2) is 101 Å². The van der Waals surface area contributed by atoms with Crippen molar-refractivity contribution in [3.05, 3.63) is 34.4 Å². The zero-order chi connectivity index (χ0) is 37.0. The fourth-order valence-electron chi connectivity index (χ4n) is 9.55. The summed E-state index contributed by atoms with van der Waals surface area (Å²) in [5, 5.41) is 13.9. The number of ether oxygens (including phenoxy) is 2. The number of alkyl halides is 1. The normalized spacial score (nSPS) is 27.9. The van der Waals surface area contributed by atoms with Crippen LogP contribution in [0.2, 0.25) is 5.02 Å². The van der Waals surface area contributed by atoms with E-state index in [-0.39, 0.29) is 96.7 Å². The zero-order valence-electron chi connectivity index (χ0n) is 29.3. The fourth-order valence-corrected chi connectivity index (χ4v) is 10.8. The number of aromatic nitrogens is 2. The monoisotopic (exact) mass is 778 g/mol. The molecule has 6 aliphatic rings. The van der Waals surface area contributed by atoms with E-state index in [1.165, 1.54) is 12.1 Å². The number of nitrogens with one attached hydrogen (secondary N) is 1. The maximum Gasteiger partial charge on any atom is 0.319 e. The number of anilines is 2. The summed E-state index contributed by atoms with van der Waals surface area (Å²) < 4.78 is 60.2. The number of fused-ring (bicyclic) bond motifs is 4. The molecule has 282 valence electrons. The molecule has 0 spiro atoms. The van der Waals surface area contributed by atoms with Gasteiger partial charge in [-0.15, -0.1) is 11.3 Å². The Morgan fingerprint density at radius 1 is 1.17 bits per heavy atom. The van der Waals surface area contributed by atoms with Crippen LogP contribution in [0.25, 0.3) is 32.1 Å². The second-order valence-corrected chi connectivity index (χ2v) is 17.1. The standard InChI is InChI=1S/C38H38ClF3N8O3S/c39-27-25(21-5-6-23(41)33-24(21)22(14-43)34(44)54-33)28(42)30-26-32(27)52-12-7-20-16-48(36(51)31-29(45-31)18-3-4-18)9-2-11-50(20)35(26)47-37(46-30)53-17-38-8-1-10-49(38)15-19(40)13-38/h5-6,18-20,29,31,45H,1-4,7-13,15-17,44H2/t19-,20?,29+,31-,38+/m1/s1. The number of nitrogens with two attached hydrogens (primary N) is 1. The third kappa shape index (κ3) is 5.38. The molecule has 16 heteroatoms. The minimum Gasteiger partial charge on any atom is -0.491 e. The van der Waals surface area contributed by atoms with Gasteiger partial charge in [-0.25, -0.2) is 13.2 Å². The fraction of sp³-hybridized carbons (Fsp3) is 0.526. The lowest BCUT2D eigenvalue weighted by Gasteiger charge is -2.36. The first kappa shape index (κ1) is 34.4. The Labute approximate surface area is 318 Å². The molecule has 2 aromatic heterocycles. The molecule has 0 radical (unpaired) electrons. The van der Waals surface area contributed by atoms with Crippen LogP contribution < -0.4 is 25.4 Å². The molecule has 5 fully saturated rings. The van der Waals surface area contributed by atoms with Crippen molar-refractivity contribution < 1.29 is 27.4 Å². The molecular formula is C38H38ClF3N8O3S. The van der Waals surface area contributed by atoms with Crippen LogP contribution in [0, 0.1) is 28.9 Å². The van der Waals surface area contributed by atoms with E-state index in [1.807, 2.05) is 11.0 Å². The maximum atomic E-state index is 17.5. The minimum absolute atomic E-state index is 0.0236. The summed E-state index contributed by atoms with van der Waals surface area (Å²) in [6.07, 6.45) is 4.52. The number of nitriles is 1. The molecule has 0 bridgehead atoms. The number of halogens is 4. The molecule has 54 heavy (non-hydrogen) atoms.